The molecule has 1 atom stereocenters. The molecule has 2 saturated heterocycles. The predicted molar refractivity (Wildman–Crippen MR) is 97.7 cm³/mol. The van der Waals surface area contributed by atoms with Crippen molar-refractivity contribution < 1.29 is 4.79 Å². The summed E-state index contributed by atoms with van der Waals surface area (Å²) in [6.07, 6.45) is 9.11. The van der Waals surface area contributed by atoms with Gasteiger partial charge in [0.15, 0.2) is 0 Å². The lowest BCUT2D eigenvalue weighted by Gasteiger charge is -2.44. The summed E-state index contributed by atoms with van der Waals surface area (Å²) in [5, 5.41) is 4.42. The number of hydrogen-bond acceptors (Lipinski definition) is 3. The first kappa shape index (κ1) is 16.3. The summed E-state index contributed by atoms with van der Waals surface area (Å²) in [6.45, 7) is 4.06. The van der Waals surface area contributed by atoms with E-state index in [0.29, 0.717) is 12.5 Å². The maximum atomic E-state index is 12.6. The molecule has 1 aromatic carbocycles. The van der Waals surface area contributed by atoms with Gasteiger partial charge in [0.2, 0.25) is 5.91 Å². The number of fused-ring (bicyclic) bond motifs is 1. The molecule has 3 heterocycles. The van der Waals surface area contributed by atoms with Crippen molar-refractivity contribution >= 4 is 5.91 Å². The van der Waals surface area contributed by atoms with Crippen LogP contribution in [-0.2, 0) is 11.2 Å². The summed E-state index contributed by atoms with van der Waals surface area (Å²) >= 11 is 0. The molecule has 2 aromatic rings. The first-order valence-corrected chi connectivity index (χ1v) is 9.40. The van der Waals surface area contributed by atoms with Gasteiger partial charge in [0.05, 0.1) is 11.9 Å². The summed E-state index contributed by atoms with van der Waals surface area (Å²) in [5.74, 6) is 0.290. The first-order valence-electron chi connectivity index (χ1n) is 9.40. The Kier molecular flexibility index (Phi) is 4.83. The van der Waals surface area contributed by atoms with Crippen LogP contribution >= 0.6 is 0 Å². The minimum atomic E-state index is 0.290. The number of para-hydroxylation sites is 1. The zero-order chi connectivity index (χ0) is 17.1. The van der Waals surface area contributed by atoms with E-state index in [1.54, 1.807) is 0 Å². The number of carbonyl (C=O) groups is 1. The number of aromatic nitrogens is 2. The number of benzene rings is 1. The second kappa shape index (κ2) is 7.40. The number of piperazine rings is 1. The van der Waals surface area contributed by atoms with Crippen LogP contribution in [0.1, 0.15) is 31.2 Å². The van der Waals surface area contributed by atoms with Crippen molar-refractivity contribution in [3.8, 4) is 5.69 Å². The molecule has 0 bridgehead atoms. The van der Waals surface area contributed by atoms with Crippen molar-refractivity contribution in [2.45, 2.75) is 38.1 Å². The third-order valence-corrected chi connectivity index (χ3v) is 5.47. The van der Waals surface area contributed by atoms with E-state index in [9.17, 15) is 4.79 Å². The second-order valence-electron chi connectivity index (χ2n) is 7.15. The lowest BCUT2D eigenvalue weighted by Crippen LogP contribution is -2.56. The molecule has 0 radical (unpaired) electrons. The minimum absolute atomic E-state index is 0.290. The first-order chi connectivity index (χ1) is 12.3. The average Bonchev–Trinajstić information content (AvgIpc) is 3.15. The summed E-state index contributed by atoms with van der Waals surface area (Å²) in [4.78, 5) is 17.2. The number of nitrogens with zero attached hydrogens (tertiary/aromatic N) is 4. The highest BCUT2D eigenvalue weighted by atomic mass is 16.2. The van der Waals surface area contributed by atoms with Crippen molar-refractivity contribution in [3.05, 3.63) is 48.3 Å². The molecule has 25 heavy (non-hydrogen) atoms. The van der Waals surface area contributed by atoms with E-state index in [2.05, 4.69) is 14.9 Å². The van der Waals surface area contributed by atoms with Gasteiger partial charge in [-0.2, -0.15) is 5.10 Å². The molecule has 2 fully saturated rings. The molecule has 2 aliphatic heterocycles. The van der Waals surface area contributed by atoms with Crippen LogP contribution in [0, 0.1) is 0 Å². The molecular formula is C20H26N4O. The minimum Gasteiger partial charge on any atom is -0.340 e. The fourth-order valence-electron chi connectivity index (χ4n) is 4.00. The Morgan fingerprint density at radius 3 is 2.88 bits per heavy atom. The summed E-state index contributed by atoms with van der Waals surface area (Å²) in [6, 6.07) is 10.7. The molecule has 5 heteroatoms. The van der Waals surface area contributed by atoms with Gasteiger partial charge in [-0.1, -0.05) is 24.6 Å². The number of piperidine rings is 1. The largest absolute Gasteiger partial charge is 0.340 e. The topological polar surface area (TPSA) is 41.4 Å². The van der Waals surface area contributed by atoms with Gasteiger partial charge < -0.3 is 4.90 Å². The van der Waals surface area contributed by atoms with Gasteiger partial charge in [0.25, 0.3) is 0 Å². The smallest absolute Gasteiger partial charge is 0.223 e. The van der Waals surface area contributed by atoms with Gasteiger partial charge >= 0.3 is 0 Å². The van der Waals surface area contributed by atoms with E-state index in [0.717, 1.165) is 37.3 Å². The molecular weight excluding hydrogens is 312 g/mol. The fraction of sp³-hybridized carbons (Fsp3) is 0.500. The Balaban J connectivity index is 1.31. The van der Waals surface area contributed by atoms with Crippen LogP contribution in [0.2, 0.25) is 0 Å². The third kappa shape index (κ3) is 3.76. The van der Waals surface area contributed by atoms with Crippen molar-refractivity contribution in [2.75, 3.05) is 26.2 Å². The van der Waals surface area contributed by atoms with Crippen LogP contribution < -0.4 is 0 Å². The van der Waals surface area contributed by atoms with Crippen LogP contribution in [0.15, 0.2) is 42.7 Å². The number of carbonyl (C=O) groups excluding carboxylic acids is 1. The Bertz CT molecular complexity index is 711. The fourth-order valence-corrected chi connectivity index (χ4v) is 4.00. The van der Waals surface area contributed by atoms with Crippen molar-refractivity contribution in [1.29, 1.82) is 0 Å². The monoisotopic (exact) mass is 338 g/mol. The van der Waals surface area contributed by atoms with Crippen LogP contribution in [-0.4, -0.2) is 57.7 Å². The standard InChI is InChI=1S/C20H26N4O/c25-20(23-13-12-22-11-5-4-8-19(22)16-23)10-9-17-14-21-24(15-17)18-6-2-1-3-7-18/h1-3,6-7,14-15,19H,4-5,8-13,16H2. The molecule has 0 saturated carbocycles. The molecule has 2 aliphatic rings. The van der Waals surface area contributed by atoms with Crippen LogP contribution in [0.3, 0.4) is 0 Å². The van der Waals surface area contributed by atoms with Gasteiger partial charge in [-0.25, -0.2) is 4.68 Å². The Labute approximate surface area is 149 Å². The molecule has 5 nitrogen and oxygen atoms in total. The number of rotatable bonds is 4. The number of hydrogen-bond donors (Lipinski definition) is 0. The lowest BCUT2D eigenvalue weighted by molar-refractivity contribution is -0.134. The van der Waals surface area contributed by atoms with Crippen LogP contribution in [0.25, 0.3) is 5.69 Å². The quantitative estimate of drug-likeness (QED) is 0.860. The maximum absolute atomic E-state index is 12.6. The molecule has 1 unspecified atom stereocenters. The normalized spacial score (nSPS) is 21.1. The number of amides is 1. The highest BCUT2D eigenvalue weighted by Gasteiger charge is 2.30. The molecule has 1 aromatic heterocycles. The number of aryl methyl sites for hydroxylation is 1. The Morgan fingerprint density at radius 1 is 1.12 bits per heavy atom. The third-order valence-electron chi connectivity index (χ3n) is 5.47. The van der Waals surface area contributed by atoms with E-state index in [4.69, 9.17) is 0 Å². The highest BCUT2D eigenvalue weighted by Crippen LogP contribution is 2.21. The Hall–Kier alpha value is -2.14. The molecule has 1 amide bonds. The molecule has 0 aliphatic carbocycles. The molecule has 132 valence electrons. The van der Waals surface area contributed by atoms with Crippen molar-refractivity contribution in [2.24, 2.45) is 0 Å². The van der Waals surface area contributed by atoms with Crippen molar-refractivity contribution in [3.63, 3.8) is 0 Å². The Morgan fingerprint density at radius 2 is 2.00 bits per heavy atom. The van der Waals surface area contributed by atoms with E-state index < -0.39 is 0 Å². The maximum Gasteiger partial charge on any atom is 0.223 e. The molecule has 0 N–H and O–H groups in total. The van der Waals surface area contributed by atoms with Crippen LogP contribution in [0.5, 0.6) is 0 Å². The van der Waals surface area contributed by atoms with E-state index >= 15 is 0 Å². The SMILES string of the molecule is O=C(CCc1cnn(-c2ccccc2)c1)N1CCN2CCCCC2C1. The van der Waals surface area contributed by atoms with Gasteiger partial charge in [-0.3, -0.25) is 9.69 Å². The molecule has 0 spiro atoms. The predicted octanol–water partition coefficient (Wildman–Crippen LogP) is 2.50. The van der Waals surface area contributed by atoms with Crippen molar-refractivity contribution in [1.82, 2.24) is 19.6 Å². The molecule has 4 rings (SSSR count). The van der Waals surface area contributed by atoms with Gasteiger partial charge in [0, 0.05) is 38.3 Å². The van der Waals surface area contributed by atoms with Gasteiger partial charge in [0.1, 0.15) is 0 Å². The summed E-state index contributed by atoms with van der Waals surface area (Å²) in [7, 11) is 0. The zero-order valence-electron chi connectivity index (χ0n) is 14.7. The zero-order valence-corrected chi connectivity index (χ0v) is 14.7. The average molecular weight is 338 g/mol. The van der Waals surface area contributed by atoms with E-state index in [1.165, 1.54) is 25.8 Å². The van der Waals surface area contributed by atoms with Gasteiger partial charge in [-0.15, -0.1) is 0 Å². The van der Waals surface area contributed by atoms with Gasteiger partial charge in [-0.05, 0) is 43.5 Å². The van der Waals surface area contributed by atoms with E-state index in [1.807, 2.05) is 47.4 Å². The lowest BCUT2D eigenvalue weighted by atomic mass is 9.99. The highest BCUT2D eigenvalue weighted by molar-refractivity contribution is 5.76. The summed E-state index contributed by atoms with van der Waals surface area (Å²) in [5.41, 5.74) is 2.17. The van der Waals surface area contributed by atoms with E-state index in [-0.39, 0.29) is 5.91 Å². The summed E-state index contributed by atoms with van der Waals surface area (Å²) < 4.78 is 1.88. The van der Waals surface area contributed by atoms with Crippen LogP contribution in [0.4, 0.5) is 0 Å². The second-order valence-corrected chi connectivity index (χ2v) is 7.15.